The van der Waals surface area contributed by atoms with E-state index >= 15 is 0 Å². The second kappa shape index (κ2) is 7.12. The fraction of sp³-hybridized carbons (Fsp3) is 0.118. The van der Waals surface area contributed by atoms with Gasteiger partial charge in [-0.1, -0.05) is 35.1 Å². The molecule has 0 atom stereocenters. The predicted octanol–water partition coefficient (Wildman–Crippen LogP) is 4.28. The number of hydrogen-bond acceptors (Lipinski definition) is 7. The molecule has 25 heavy (non-hydrogen) atoms. The molecule has 0 aliphatic carbocycles. The van der Waals surface area contributed by atoms with Gasteiger partial charge in [0.1, 0.15) is 12.1 Å². The Labute approximate surface area is 152 Å². The summed E-state index contributed by atoms with van der Waals surface area (Å²) in [4.78, 5) is 1.07. The lowest BCUT2D eigenvalue weighted by atomic mass is 10.3. The fourth-order valence-electron chi connectivity index (χ4n) is 2.37. The first-order valence-electron chi connectivity index (χ1n) is 7.51. The molecule has 6 nitrogen and oxygen atoms in total. The minimum atomic E-state index is 0.642. The minimum Gasteiger partial charge on any atom is -0.495 e. The lowest BCUT2D eigenvalue weighted by Gasteiger charge is -2.10. The van der Waals surface area contributed by atoms with Crippen LogP contribution in [0, 0.1) is 0 Å². The number of hydrogen-bond donors (Lipinski definition) is 0. The van der Waals surface area contributed by atoms with Gasteiger partial charge >= 0.3 is 0 Å². The number of thiophene rings is 1. The molecule has 0 aliphatic heterocycles. The molecule has 1 aromatic carbocycles. The maximum Gasteiger partial charge on any atom is 0.196 e. The molecule has 0 saturated carbocycles. The largest absolute Gasteiger partial charge is 0.495 e. The van der Waals surface area contributed by atoms with E-state index in [1.165, 1.54) is 0 Å². The van der Waals surface area contributed by atoms with E-state index < -0.39 is 0 Å². The molecular formula is C17H14N4O2S2. The molecule has 0 saturated heterocycles. The van der Waals surface area contributed by atoms with Gasteiger partial charge in [0.05, 0.1) is 23.4 Å². The van der Waals surface area contributed by atoms with Crippen LogP contribution in [0.15, 0.2) is 63.9 Å². The highest BCUT2D eigenvalue weighted by Gasteiger charge is 2.13. The van der Waals surface area contributed by atoms with Crippen molar-refractivity contribution in [1.82, 2.24) is 19.9 Å². The van der Waals surface area contributed by atoms with Gasteiger partial charge in [-0.15, -0.1) is 21.5 Å². The van der Waals surface area contributed by atoms with E-state index in [0.717, 1.165) is 32.9 Å². The van der Waals surface area contributed by atoms with Crippen molar-refractivity contribution in [2.45, 2.75) is 10.9 Å². The number of thioether (sulfide) groups is 1. The third kappa shape index (κ3) is 3.31. The van der Waals surface area contributed by atoms with Crippen molar-refractivity contribution >= 4 is 23.1 Å². The molecule has 0 unspecified atom stereocenters. The Morgan fingerprint density at radius 2 is 2.16 bits per heavy atom. The average Bonchev–Trinajstić information content (AvgIpc) is 3.40. The van der Waals surface area contributed by atoms with Crippen molar-refractivity contribution in [3.63, 3.8) is 0 Å². The molecule has 4 rings (SSSR count). The SMILES string of the molecule is COc1ccccc1-n1cnnc1SCc1cc(-c2cccs2)on1. The first-order valence-corrected chi connectivity index (χ1v) is 9.37. The number of aromatic nitrogens is 4. The van der Waals surface area contributed by atoms with Crippen LogP contribution in [-0.4, -0.2) is 27.0 Å². The first-order chi connectivity index (χ1) is 12.3. The van der Waals surface area contributed by atoms with Crippen LogP contribution in [0.4, 0.5) is 0 Å². The Hall–Kier alpha value is -2.58. The van der Waals surface area contributed by atoms with Gasteiger partial charge < -0.3 is 9.26 Å². The maximum absolute atomic E-state index is 5.42. The molecule has 0 bridgehead atoms. The predicted molar refractivity (Wildman–Crippen MR) is 97.3 cm³/mol. The number of para-hydroxylation sites is 2. The maximum atomic E-state index is 5.42. The number of ether oxygens (including phenoxy) is 1. The van der Waals surface area contributed by atoms with Crippen LogP contribution in [-0.2, 0) is 5.75 Å². The van der Waals surface area contributed by atoms with Gasteiger partial charge in [-0.2, -0.15) is 0 Å². The number of nitrogens with zero attached hydrogens (tertiary/aromatic N) is 4. The van der Waals surface area contributed by atoms with E-state index in [-0.39, 0.29) is 0 Å². The molecule has 0 fully saturated rings. The van der Waals surface area contributed by atoms with Gasteiger partial charge in [-0.05, 0) is 23.6 Å². The van der Waals surface area contributed by atoms with E-state index in [4.69, 9.17) is 9.26 Å². The molecule has 0 aliphatic rings. The minimum absolute atomic E-state index is 0.642. The van der Waals surface area contributed by atoms with Crippen LogP contribution < -0.4 is 4.74 Å². The zero-order chi connectivity index (χ0) is 17.1. The highest BCUT2D eigenvalue weighted by molar-refractivity contribution is 7.98. The Morgan fingerprint density at radius 3 is 3.00 bits per heavy atom. The quantitative estimate of drug-likeness (QED) is 0.472. The van der Waals surface area contributed by atoms with E-state index in [1.54, 1.807) is 36.5 Å². The molecular weight excluding hydrogens is 356 g/mol. The summed E-state index contributed by atoms with van der Waals surface area (Å²) in [6, 6.07) is 13.7. The summed E-state index contributed by atoms with van der Waals surface area (Å²) in [5.41, 5.74) is 1.76. The second-order valence-corrected chi connectivity index (χ2v) is 6.99. The molecule has 3 heterocycles. The Kier molecular flexibility index (Phi) is 4.53. The zero-order valence-corrected chi connectivity index (χ0v) is 15.0. The lowest BCUT2D eigenvalue weighted by Crippen LogP contribution is -1.98. The first kappa shape index (κ1) is 15.9. The van der Waals surface area contributed by atoms with Crippen LogP contribution in [0.5, 0.6) is 5.75 Å². The van der Waals surface area contributed by atoms with Crippen molar-refractivity contribution in [3.05, 3.63) is 59.9 Å². The van der Waals surface area contributed by atoms with Crippen LogP contribution in [0.3, 0.4) is 0 Å². The van der Waals surface area contributed by atoms with Crippen molar-refractivity contribution in [3.8, 4) is 22.1 Å². The molecule has 0 amide bonds. The van der Waals surface area contributed by atoms with E-state index in [0.29, 0.717) is 5.75 Å². The third-order valence-corrected chi connectivity index (χ3v) is 5.39. The fourth-order valence-corrected chi connectivity index (χ4v) is 3.85. The van der Waals surface area contributed by atoms with Crippen LogP contribution in [0.1, 0.15) is 5.69 Å². The van der Waals surface area contributed by atoms with E-state index in [9.17, 15) is 0 Å². The Balaban J connectivity index is 1.52. The third-order valence-electron chi connectivity index (χ3n) is 3.53. The normalized spacial score (nSPS) is 10.9. The Morgan fingerprint density at radius 1 is 1.24 bits per heavy atom. The molecule has 0 N–H and O–H groups in total. The smallest absolute Gasteiger partial charge is 0.196 e. The van der Waals surface area contributed by atoms with Gasteiger partial charge in [0, 0.05) is 11.8 Å². The summed E-state index contributed by atoms with van der Waals surface area (Å²) in [5, 5.41) is 15.2. The van der Waals surface area contributed by atoms with Crippen molar-refractivity contribution in [1.29, 1.82) is 0 Å². The zero-order valence-electron chi connectivity index (χ0n) is 13.3. The van der Waals surface area contributed by atoms with Gasteiger partial charge in [-0.25, -0.2) is 0 Å². The highest BCUT2D eigenvalue weighted by atomic mass is 32.2. The highest BCUT2D eigenvalue weighted by Crippen LogP contribution is 2.30. The summed E-state index contributed by atoms with van der Waals surface area (Å²) in [5.74, 6) is 2.20. The molecule has 8 heteroatoms. The summed E-state index contributed by atoms with van der Waals surface area (Å²) in [6.45, 7) is 0. The summed E-state index contributed by atoms with van der Waals surface area (Å²) >= 11 is 3.17. The summed E-state index contributed by atoms with van der Waals surface area (Å²) < 4.78 is 12.7. The number of rotatable bonds is 6. The topological polar surface area (TPSA) is 66.0 Å². The van der Waals surface area contributed by atoms with Crippen LogP contribution in [0.25, 0.3) is 16.3 Å². The standard InChI is InChI=1S/C17H14N4O2S2/c1-22-14-6-3-2-5-13(14)21-11-18-19-17(21)25-10-12-9-15(23-20-12)16-7-4-8-24-16/h2-9,11H,10H2,1H3. The van der Waals surface area contributed by atoms with Gasteiger partial charge in [-0.3, -0.25) is 4.57 Å². The molecule has 4 aromatic rings. The van der Waals surface area contributed by atoms with Crippen LogP contribution in [0.2, 0.25) is 0 Å². The van der Waals surface area contributed by atoms with Crippen molar-refractivity contribution in [2.75, 3.05) is 7.11 Å². The second-order valence-electron chi connectivity index (χ2n) is 5.10. The number of benzene rings is 1. The summed E-state index contributed by atoms with van der Waals surface area (Å²) in [7, 11) is 1.65. The van der Waals surface area contributed by atoms with Crippen molar-refractivity contribution in [2.24, 2.45) is 0 Å². The van der Waals surface area contributed by atoms with E-state index in [1.807, 2.05) is 52.4 Å². The lowest BCUT2D eigenvalue weighted by molar-refractivity contribution is 0.412. The Bertz CT molecular complexity index is 963. The molecule has 0 spiro atoms. The molecule has 126 valence electrons. The molecule has 0 radical (unpaired) electrons. The average molecular weight is 370 g/mol. The summed E-state index contributed by atoms with van der Waals surface area (Å²) in [6.07, 6.45) is 1.68. The number of methoxy groups -OCH3 is 1. The molecule has 3 aromatic heterocycles. The van der Waals surface area contributed by atoms with Crippen LogP contribution >= 0.6 is 23.1 Å². The van der Waals surface area contributed by atoms with Crippen molar-refractivity contribution < 1.29 is 9.26 Å². The van der Waals surface area contributed by atoms with Gasteiger partial charge in [0.15, 0.2) is 10.9 Å². The van der Waals surface area contributed by atoms with E-state index in [2.05, 4.69) is 15.4 Å². The van der Waals surface area contributed by atoms with Gasteiger partial charge in [0.25, 0.3) is 0 Å². The monoisotopic (exact) mass is 370 g/mol. The van der Waals surface area contributed by atoms with Gasteiger partial charge in [0.2, 0.25) is 0 Å².